The van der Waals surface area contributed by atoms with Crippen LogP contribution in [0.4, 0.5) is 0 Å². The van der Waals surface area contributed by atoms with Crippen molar-refractivity contribution < 1.29 is 4.79 Å². The summed E-state index contributed by atoms with van der Waals surface area (Å²) in [6.45, 7) is 0.515. The predicted octanol–water partition coefficient (Wildman–Crippen LogP) is -0.373. The summed E-state index contributed by atoms with van der Waals surface area (Å²) in [5.41, 5.74) is 0. The monoisotopic (exact) mass is 140 g/mol. The molecule has 2 atom stereocenters. The molecule has 0 bridgehead atoms. The number of carbonyl (C=O) groups is 1. The maximum Gasteiger partial charge on any atom is 0.234 e. The van der Waals surface area contributed by atoms with Crippen molar-refractivity contribution in [2.45, 2.75) is 31.3 Å². The Kier molecular flexibility index (Phi) is 1.38. The SMILES string of the molecule is O=C1CN[C@H]2CCC[C@H]2N1. The van der Waals surface area contributed by atoms with E-state index in [0.29, 0.717) is 18.6 Å². The Hall–Kier alpha value is -0.570. The first kappa shape index (κ1) is 6.16. The van der Waals surface area contributed by atoms with Crippen LogP contribution in [-0.2, 0) is 4.79 Å². The minimum atomic E-state index is 0.156. The van der Waals surface area contributed by atoms with Gasteiger partial charge in [-0.25, -0.2) is 0 Å². The third kappa shape index (κ3) is 0.904. The van der Waals surface area contributed by atoms with Gasteiger partial charge in [-0.3, -0.25) is 4.79 Å². The maximum atomic E-state index is 10.8. The molecule has 10 heavy (non-hydrogen) atoms. The summed E-state index contributed by atoms with van der Waals surface area (Å²) >= 11 is 0. The molecule has 3 nitrogen and oxygen atoms in total. The number of hydrogen-bond acceptors (Lipinski definition) is 2. The minimum Gasteiger partial charge on any atom is -0.351 e. The number of fused-ring (bicyclic) bond motifs is 1. The van der Waals surface area contributed by atoms with E-state index in [4.69, 9.17) is 0 Å². The molecule has 2 N–H and O–H groups in total. The Balaban J connectivity index is 2.03. The fourth-order valence-electron chi connectivity index (χ4n) is 1.86. The van der Waals surface area contributed by atoms with Gasteiger partial charge in [-0.2, -0.15) is 0 Å². The van der Waals surface area contributed by atoms with Crippen LogP contribution in [0.3, 0.4) is 0 Å². The molecule has 0 radical (unpaired) electrons. The highest BCUT2D eigenvalue weighted by molar-refractivity contribution is 5.79. The van der Waals surface area contributed by atoms with Gasteiger partial charge in [-0.1, -0.05) is 0 Å². The summed E-state index contributed by atoms with van der Waals surface area (Å²) in [7, 11) is 0. The molecule has 0 aromatic heterocycles. The molecule has 3 heteroatoms. The van der Waals surface area contributed by atoms with Gasteiger partial charge in [0.1, 0.15) is 0 Å². The zero-order valence-corrected chi connectivity index (χ0v) is 5.89. The standard InChI is InChI=1S/C7H12N2O/c10-7-4-8-5-2-1-3-6(5)9-7/h5-6,8H,1-4H2,(H,9,10)/t5-,6+/m0/s1. The number of carbonyl (C=O) groups excluding carboxylic acids is 1. The second-order valence-corrected chi connectivity index (χ2v) is 3.09. The van der Waals surface area contributed by atoms with Gasteiger partial charge >= 0.3 is 0 Å². The van der Waals surface area contributed by atoms with Gasteiger partial charge < -0.3 is 10.6 Å². The number of piperazine rings is 1. The summed E-state index contributed by atoms with van der Waals surface area (Å²) in [4.78, 5) is 10.8. The largest absolute Gasteiger partial charge is 0.351 e. The van der Waals surface area contributed by atoms with Gasteiger partial charge in [-0.15, -0.1) is 0 Å². The van der Waals surface area contributed by atoms with Crippen molar-refractivity contribution in [3.05, 3.63) is 0 Å². The molecule has 1 aliphatic carbocycles. The summed E-state index contributed by atoms with van der Waals surface area (Å²) in [6, 6.07) is 0.999. The third-order valence-corrected chi connectivity index (χ3v) is 2.39. The van der Waals surface area contributed by atoms with Crippen LogP contribution in [-0.4, -0.2) is 24.5 Å². The number of hydrogen-bond donors (Lipinski definition) is 2. The first-order valence-electron chi connectivity index (χ1n) is 3.89. The lowest BCUT2D eigenvalue weighted by Gasteiger charge is -2.27. The molecular formula is C7H12N2O. The highest BCUT2D eigenvalue weighted by atomic mass is 16.2. The van der Waals surface area contributed by atoms with Gasteiger partial charge in [0.15, 0.2) is 0 Å². The molecule has 56 valence electrons. The molecule has 1 heterocycles. The fraction of sp³-hybridized carbons (Fsp3) is 0.857. The van der Waals surface area contributed by atoms with Gasteiger partial charge in [0.25, 0.3) is 0 Å². The fourth-order valence-corrected chi connectivity index (χ4v) is 1.86. The van der Waals surface area contributed by atoms with E-state index in [1.165, 1.54) is 12.8 Å². The topological polar surface area (TPSA) is 41.1 Å². The highest BCUT2D eigenvalue weighted by Gasteiger charge is 2.31. The summed E-state index contributed by atoms with van der Waals surface area (Å²) in [5.74, 6) is 0.156. The van der Waals surface area contributed by atoms with Crippen molar-refractivity contribution in [3.8, 4) is 0 Å². The van der Waals surface area contributed by atoms with Gasteiger partial charge in [0.2, 0.25) is 5.91 Å². The summed E-state index contributed by atoms with van der Waals surface area (Å²) in [5, 5.41) is 6.20. The average molecular weight is 140 g/mol. The number of rotatable bonds is 0. The summed E-state index contributed by atoms with van der Waals surface area (Å²) < 4.78 is 0. The molecule has 2 aliphatic rings. The van der Waals surface area contributed by atoms with Crippen LogP contribution in [0.5, 0.6) is 0 Å². The van der Waals surface area contributed by atoms with E-state index in [2.05, 4.69) is 10.6 Å². The molecule has 1 saturated heterocycles. The highest BCUT2D eigenvalue weighted by Crippen LogP contribution is 2.20. The molecule has 2 fully saturated rings. The number of amides is 1. The van der Waals surface area contributed by atoms with Crippen LogP contribution in [0.15, 0.2) is 0 Å². The Labute approximate surface area is 60.2 Å². The summed E-state index contributed by atoms with van der Waals surface area (Å²) in [6.07, 6.45) is 3.64. The van der Waals surface area contributed by atoms with E-state index < -0.39 is 0 Å². The third-order valence-electron chi connectivity index (χ3n) is 2.39. The van der Waals surface area contributed by atoms with Crippen LogP contribution in [0.25, 0.3) is 0 Å². The first-order chi connectivity index (χ1) is 4.86. The van der Waals surface area contributed by atoms with E-state index in [1.807, 2.05) is 0 Å². The van der Waals surface area contributed by atoms with Crippen molar-refractivity contribution in [1.82, 2.24) is 10.6 Å². The first-order valence-corrected chi connectivity index (χ1v) is 3.89. The molecule has 1 saturated carbocycles. The minimum absolute atomic E-state index is 0.156. The van der Waals surface area contributed by atoms with Crippen molar-refractivity contribution in [1.29, 1.82) is 0 Å². The van der Waals surface area contributed by atoms with Crippen LogP contribution >= 0.6 is 0 Å². The molecule has 0 unspecified atom stereocenters. The van der Waals surface area contributed by atoms with Crippen molar-refractivity contribution in [3.63, 3.8) is 0 Å². The van der Waals surface area contributed by atoms with Gasteiger partial charge in [-0.05, 0) is 19.3 Å². The Morgan fingerprint density at radius 3 is 3.00 bits per heavy atom. The van der Waals surface area contributed by atoms with E-state index in [1.54, 1.807) is 0 Å². The average Bonchev–Trinajstić information content (AvgIpc) is 2.33. The second-order valence-electron chi connectivity index (χ2n) is 3.09. The molecule has 0 spiro atoms. The lowest BCUT2D eigenvalue weighted by Crippen LogP contribution is -2.56. The Morgan fingerprint density at radius 2 is 2.10 bits per heavy atom. The zero-order chi connectivity index (χ0) is 6.97. The van der Waals surface area contributed by atoms with E-state index in [9.17, 15) is 4.79 Å². The van der Waals surface area contributed by atoms with Crippen LogP contribution in [0.1, 0.15) is 19.3 Å². The van der Waals surface area contributed by atoms with E-state index in [0.717, 1.165) is 6.42 Å². The normalized spacial score (nSPS) is 39.0. The predicted molar refractivity (Wildman–Crippen MR) is 37.6 cm³/mol. The molecule has 2 rings (SSSR count). The number of nitrogens with one attached hydrogen (secondary N) is 2. The lowest BCUT2D eigenvalue weighted by atomic mass is 10.1. The van der Waals surface area contributed by atoms with Gasteiger partial charge in [0.05, 0.1) is 6.54 Å². The Morgan fingerprint density at radius 1 is 1.30 bits per heavy atom. The molecule has 0 aromatic carbocycles. The Bertz CT molecular complexity index is 158. The lowest BCUT2D eigenvalue weighted by molar-refractivity contribution is -0.122. The molecular weight excluding hydrogens is 128 g/mol. The van der Waals surface area contributed by atoms with Crippen molar-refractivity contribution >= 4 is 5.91 Å². The van der Waals surface area contributed by atoms with Crippen LogP contribution in [0.2, 0.25) is 0 Å². The van der Waals surface area contributed by atoms with Crippen molar-refractivity contribution in [2.75, 3.05) is 6.54 Å². The quantitative estimate of drug-likeness (QED) is 0.482. The van der Waals surface area contributed by atoms with Crippen molar-refractivity contribution in [2.24, 2.45) is 0 Å². The smallest absolute Gasteiger partial charge is 0.234 e. The zero-order valence-electron chi connectivity index (χ0n) is 5.89. The van der Waals surface area contributed by atoms with Gasteiger partial charge in [0, 0.05) is 12.1 Å². The molecule has 1 aliphatic heterocycles. The van der Waals surface area contributed by atoms with Crippen LogP contribution < -0.4 is 10.6 Å². The molecule has 1 amide bonds. The van der Waals surface area contributed by atoms with E-state index in [-0.39, 0.29) is 5.91 Å². The van der Waals surface area contributed by atoms with Crippen LogP contribution in [0, 0.1) is 0 Å². The maximum absolute atomic E-state index is 10.8. The molecule has 0 aromatic rings. The van der Waals surface area contributed by atoms with E-state index >= 15 is 0 Å². The second kappa shape index (κ2) is 2.23.